The van der Waals surface area contributed by atoms with E-state index in [4.69, 9.17) is 0 Å². The van der Waals surface area contributed by atoms with Crippen LogP contribution in [0.15, 0.2) is 24.3 Å². The number of hydrogen-bond donors (Lipinski definition) is 1. The van der Waals surface area contributed by atoms with E-state index in [1.165, 1.54) is 12.1 Å². The minimum Gasteiger partial charge on any atom is -0.314 e. The molecule has 5 heteroatoms. The van der Waals surface area contributed by atoms with Crippen molar-refractivity contribution in [3.8, 4) is 0 Å². The molecule has 1 aromatic rings. The molecule has 0 saturated carbocycles. The fourth-order valence-corrected chi connectivity index (χ4v) is 1.65. The standard InChI is InChI=1S/C12H16F3N.BrH/c1-3-16-9(2)7-10-5-4-6-11(8-10)12(13,14)15;/h4-6,8-9,16H,3,7H2,1-2H3;1H. The Morgan fingerprint density at radius 2 is 1.94 bits per heavy atom. The van der Waals surface area contributed by atoms with Gasteiger partial charge in [0.25, 0.3) is 0 Å². The third-order valence-corrected chi connectivity index (χ3v) is 2.35. The predicted molar refractivity (Wildman–Crippen MR) is 68.6 cm³/mol. The lowest BCUT2D eigenvalue weighted by Gasteiger charge is -2.13. The molecule has 0 aliphatic rings. The van der Waals surface area contributed by atoms with Crippen LogP contribution in [0.4, 0.5) is 13.2 Å². The summed E-state index contributed by atoms with van der Waals surface area (Å²) in [5, 5.41) is 3.17. The van der Waals surface area contributed by atoms with Crippen LogP contribution in [0.2, 0.25) is 0 Å². The van der Waals surface area contributed by atoms with Crippen LogP contribution in [-0.2, 0) is 12.6 Å². The van der Waals surface area contributed by atoms with E-state index < -0.39 is 11.7 Å². The molecule has 0 saturated heterocycles. The van der Waals surface area contributed by atoms with E-state index in [0.29, 0.717) is 12.0 Å². The van der Waals surface area contributed by atoms with Crippen molar-refractivity contribution in [1.82, 2.24) is 5.32 Å². The molecule has 1 N–H and O–H groups in total. The molecule has 98 valence electrons. The van der Waals surface area contributed by atoms with Crippen molar-refractivity contribution in [2.45, 2.75) is 32.5 Å². The molecule has 0 heterocycles. The molecule has 17 heavy (non-hydrogen) atoms. The number of alkyl halides is 3. The Balaban J connectivity index is 0.00000256. The monoisotopic (exact) mass is 311 g/mol. The Labute approximate surface area is 110 Å². The molecular weight excluding hydrogens is 295 g/mol. The molecule has 0 fully saturated rings. The van der Waals surface area contributed by atoms with Crippen LogP contribution in [-0.4, -0.2) is 12.6 Å². The fraction of sp³-hybridized carbons (Fsp3) is 0.500. The summed E-state index contributed by atoms with van der Waals surface area (Å²) in [6.07, 6.45) is -3.64. The molecule has 0 aromatic heterocycles. The molecular formula is C12H17BrF3N. The number of hydrogen-bond acceptors (Lipinski definition) is 1. The summed E-state index contributed by atoms with van der Waals surface area (Å²) in [6, 6.07) is 5.68. The third-order valence-electron chi connectivity index (χ3n) is 2.35. The predicted octanol–water partition coefficient (Wildman–Crippen LogP) is 3.82. The molecule has 0 amide bonds. The van der Waals surface area contributed by atoms with Crippen molar-refractivity contribution in [2.75, 3.05) is 6.54 Å². The number of benzene rings is 1. The molecule has 1 nitrogen and oxygen atoms in total. The molecule has 0 spiro atoms. The van der Waals surface area contributed by atoms with E-state index in [9.17, 15) is 13.2 Å². The Kier molecular flexibility index (Phi) is 6.78. The minimum atomic E-state index is -4.25. The number of halogens is 4. The summed E-state index contributed by atoms with van der Waals surface area (Å²) in [6.45, 7) is 4.76. The number of nitrogens with one attached hydrogen (secondary N) is 1. The van der Waals surface area contributed by atoms with Gasteiger partial charge in [0.05, 0.1) is 5.56 Å². The van der Waals surface area contributed by atoms with Crippen molar-refractivity contribution in [2.24, 2.45) is 0 Å². The van der Waals surface area contributed by atoms with Gasteiger partial charge >= 0.3 is 6.18 Å². The van der Waals surface area contributed by atoms with Crippen LogP contribution in [0.25, 0.3) is 0 Å². The van der Waals surface area contributed by atoms with Gasteiger partial charge in [-0.15, -0.1) is 17.0 Å². The van der Waals surface area contributed by atoms with Crippen molar-refractivity contribution < 1.29 is 13.2 Å². The van der Waals surface area contributed by atoms with Crippen LogP contribution in [0.3, 0.4) is 0 Å². The van der Waals surface area contributed by atoms with E-state index in [-0.39, 0.29) is 23.0 Å². The Bertz CT molecular complexity index is 339. The first kappa shape index (κ1) is 16.4. The smallest absolute Gasteiger partial charge is 0.314 e. The molecule has 0 aliphatic carbocycles. The average Bonchev–Trinajstić information content (AvgIpc) is 2.17. The van der Waals surface area contributed by atoms with Crippen LogP contribution >= 0.6 is 17.0 Å². The van der Waals surface area contributed by atoms with Gasteiger partial charge in [-0.2, -0.15) is 13.2 Å². The third kappa shape index (κ3) is 5.55. The lowest BCUT2D eigenvalue weighted by atomic mass is 10.0. The zero-order valence-corrected chi connectivity index (χ0v) is 11.6. The Hall–Kier alpha value is -0.550. The topological polar surface area (TPSA) is 12.0 Å². The van der Waals surface area contributed by atoms with Crippen molar-refractivity contribution in [1.29, 1.82) is 0 Å². The summed E-state index contributed by atoms with van der Waals surface area (Å²) in [7, 11) is 0. The van der Waals surface area contributed by atoms with E-state index in [0.717, 1.165) is 12.6 Å². The second-order valence-corrected chi connectivity index (χ2v) is 3.86. The maximum atomic E-state index is 12.4. The maximum Gasteiger partial charge on any atom is 0.416 e. The first-order valence-corrected chi connectivity index (χ1v) is 5.33. The van der Waals surface area contributed by atoms with Gasteiger partial charge in [-0.05, 0) is 31.5 Å². The second kappa shape index (κ2) is 7.01. The van der Waals surface area contributed by atoms with Crippen LogP contribution in [0, 0.1) is 0 Å². The number of rotatable bonds is 4. The molecule has 0 aliphatic heterocycles. The molecule has 1 aromatic carbocycles. The first-order chi connectivity index (χ1) is 7.43. The van der Waals surface area contributed by atoms with Crippen molar-refractivity contribution >= 4 is 17.0 Å². The molecule has 0 bridgehead atoms. The summed E-state index contributed by atoms with van der Waals surface area (Å²) in [5.41, 5.74) is 0.136. The van der Waals surface area contributed by atoms with Gasteiger partial charge in [0.2, 0.25) is 0 Å². The minimum absolute atomic E-state index is 0. The van der Waals surface area contributed by atoms with Gasteiger partial charge in [0.15, 0.2) is 0 Å². The van der Waals surface area contributed by atoms with Crippen LogP contribution in [0.5, 0.6) is 0 Å². The summed E-state index contributed by atoms with van der Waals surface area (Å²) >= 11 is 0. The van der Waals surface area contributed by atoms with Crippen LogP contribution in [0.1, 0.15) is 25.0 Å². The van der Waals surface area contributed by atoms with Crippen molar-refractivity contribution in [3.63, 3.8) is 0 Å². The van der Waals surface area contributed by atoms with Crippen molar-refractivity contribution in [3.05, 3.63) is 35.4 Å². The molecule has 1 unspecified atom stereocenters. The first-order valence-electron chi connectivity index (χ1n) is 5.33. The lowest BCUT2D eigenvalue weighted by molar-refractivity contribution is -0.137. The highest BCUT2D eigenvalue weighted by molar-refractivity contribution is 8.93. The Morgan fingerprint density at radius 3 is 2.47 bits per heavy atom. The highest BCUT2D eigenvalue weighted by Gasteiger charge is 2.30. The molecule has 1 rings (SSSR count). The van der Waals surface area contributed by atoms with Gasteiger partial charge in [0.1, 0.15) is 0 Å². The second-order valence-electron chi connectivity index (χ2n) is 3.86. The lowest BCUT2D eigenvalue weighted by Crippen LogP contribution is -2.27. The van der Waals surface area contributed by atoms with E-state index >= 15 is 0 Å². The zero-order chi connectivity index (χ0) is 12.2. The quantitative estimate of drug-likeness (QED) is 0.891. The highest BCUT2D eigenvalue weighted by atomic mass is 79.9. The van der Waals surface area contributed by atoms with Gasteiger partial charge in [-0.25, -0.2) is 0 Å². The molecule has 1 atom stereocenters. The average molecular weight is 312 g/mol. The molecule has 0 radical (unpaired) electrons. The van der Waals surface area contributed by atoms with E-state index in [1.54, 1.807) is 6.07 Å². The number of likely N-dealkylation sites (N-methyl/N-ethyl adjacent to an activating group) is 1. The van der Waals surface area contributed by atoms with Gasteiger partial charge in [-0.1, -0.05) is 25.1 Å². The summed E-state index contributed by atoms with van der Waals surface area (Å²) in [5.74, 6) is 0. The zero-order valence-electron chi connectivity index (χ0n) is 9.84. The van der Waals surface area contributed by atoms with E-state index in [2.05, 4.69) is 5.32 Å². The Morgan fingerprint density at radius 1 is 1.29 bits per heavy atom. The van der Waals surface area contributed by atoms with Gasteiger partial charge < -0.3 is 5.32 Å². The largest absolute Gasteiger partial charge is 0.416 e. The van der Waals surface area contributed by atoms with E-state index in [1.807, 2.05) is 13.8 Å². The summed E-state index contributed by atoms with van der Waals surface area (Å²) < 4.78 is 37.3. The SMILES string of the molecule is Br.CCNC(C)Cc1cccc(C(F)(F)F)c1. The highest BCUT2D eigenvalue weighted by Crippen LogP contribution is 2.29. The fourth-order valence-electron chi connectivity index (χ4n) is 1.65. The maximum absolute atomic E-state index is 12.4. The normalized spacial score (nSPS) is 13.0. The summed E-state index contributed by atoms with van der Waals surface area (Å²) in [4.78, 5) is 0. The van der Waals surface area contributed by atoms with Gasteiger partial charge in [-0.3, -0.25) is 0 Å². The van der Waals surface area contributed by atoms with Gasteiger partial charge in [0, 0.05) is 6.04 Å². The van der Waals surface area contributed by atoms with Crippen LogP contribution < -0.4 is 5.32 Å².